The van der Waals surface area contributed by atoms with Crippen molar-refractivity contribution in [2.24, 2.45) is 11.8 Å². The van der Waals surface area contributed by atoms with Gasteiger partial charge in [-0.2, -0.15) is 0 Å². The van der Waals surface area contributed by atoms with Gasteiger partial charge in [0.1, 0.15) is 0 Å². The number of rotatable bonds is 6. The molecule has 1 fully saturated rings. The monoisotopic (exact) mass is 401 g/mol. The molecule has 0 aromatic heterocycles. The number of halogens is 2. The van der Waals surface area contributed by atoms with Crippen LogP contribution < -0.4 is 5.32 Å². The summed E-state index contributed by atoms with van der Waals surface area (Å²) in [5.74, 6) is -3.27. The zero-order chi connectivity index (χ0) is 19.3. The highest BCUT2D eigenvalue weighted by atomic mass is 35.5. The van der Waals surface area contributed by atoms with Crippen molar-refractivity contribution in [3.8, 4) is 0 Å². The van der Waals surface area contributed by atoms with E-state index in [-0.39, 0.29) is 11.4 Å². The lowest BCUT2D eigenvalue weighted by Crippen LogP contribution is -2.41. The molecule has 1 aliphatic rings. The Balaban J connectivity index is 2.25. The Kier molecular flexibility index (Phi) is 7.29. The first-order valence-electron chi connectivity index (χ1n) is 8.39. The molecule has 0 saturated heterocycles. The van der Waals surface area contributed by atoms with Crippen LogP contribution in [0.25, 0.3) is 0 Å². The molecule has 1 saturated carbocycles. The van der Waals surface area contributed by atoms with E-state index in [2.05, 4.69) is 5.32 Å². The minimum absolute atomic E-state index is 0.132. The second-order valence-electron chi connectivity index (χ2n) is 6.32. The summed E-state index contributed by atoms with van der Waals surface area (Å²) in [6.07, 6.45) is 2.41. The molecular weight excluding hydrogens is 381 g/mol. The van der Waals surface area contributed by atoms with Crippen molar-refractivity contribution in [2.45, 2.75) is 38.1 Å². The van der Waals surface area contributed by atoms with E-state index in [0.717, 1.165) is 12.8 Å². The molecular formula is C18H21Cl2NO5. The van der Waals surface area contributed by atoms with Gasteiger partial charge in [-0.1, -0.05) is 48.2 Å². The summed E-state index contributed by atoms with van der Waals surface area (Å²) in [7, 11) is 1.25. The van der Waals surface area contributed by atoms with E-state index in [9.17, 15) is 19.5 Å². The molecule has 0 spiro atoms. The summed E-state index contributed by atoms with van der Waals surface area (Å²) in [5, 5.41) is 12.7. The van der Waals surface area contributed by atoms with Gasteiger partial charge >= 0.3 is 11.9 Å². The smallest absolute Gasteiger partial charge is 0.307 e. The maximum absolute atomic E-state index is 12.8. The molecule has 1 aliphatic carbocycles. The fraction of sp³-hybridized carbons (Fsp3) is 0.500. The van der Waals surface area contributed by atoms with Crippen molar-refractivity contribution in [1.82, 2.24) is 5.32 Å². The van der Waals surface area contributed by atoms with Crippen LogP contribution in [-0.4, -0.2) is 30.1 Å². The fourth-order valence-corrected chi connectivity index (χ4v) is 3.74. The number of aliphatic carboxylic acids is 1. The van der Waals surface area contributed by atoms with Gasteiger partial charge in [0.25, 0.3) is 0 Å². The van der Waals surface area contributed by atoms with Gasteiger partial charge in [0.2, 0.25) is 5.91 Å². The highest BCUT2D eigenvalue weighted by Gasteiger charge is 2.37. The number of methoxy groups -OCH3 is 1. The topological polar surface area (TPSA) is 92.7 Å². The van der Waals surface area contributed by atoms with E-state index in [1.54, 1.807) is 18.2 Å². The second kappa shape index (κ2) is 9.24. The Morgan fingerprint density at radius 3 is 2.50 bits per heavy atom. The number of carboxylic acid groups (broad SMARTS) is 1. The number of nitrogens with one attached hydrogen (secondary N) is 1. The van der Waals surface area contributed by atoms with Gasteiger partial charge < -0.3 is 15.2 Å². The highest BCUT2D eigenvalue weighted by molar-refractivity contribution is 6.42. The number of carbonyl (C=O) groups excluding carboxylic acids is 2. The van der Waals surface area contributed by atoms with Crippen LogP contribution in [0, 0.1) is 11.8 Å². The van der Waals surface area contributed by atoms with E-state index in [1.807, 2.05) is 0 Å². The first-order chi connectivity index (χ1) is 12.3. The van der Waals surface area contributed by atoms with Crippen LogP contribution in [0.5, 0.6) is 0 Å². The molecule has 142 valence electrons. The minimum atomic E-state index is -0.977. The summed E-state index contributed by atoms with van der Waals surface area (Å²) in [6.45, 7) is 0. The van der Waals surface area contributed by atoms with Crippen molar-refractivity contribution < 1.29 is 24.2 Å². The summed E-state index contributed by atoms with van der Waals surface area (Å²) < 4.78 is 4.70. The molecule has 0 aliphatic heterocycles. The third-order valence-corrected chi connectivity index (χ3v) is 5.53. The standard InChI is InChI=1S/C18H21Cl2NO5/c1-26-15(22)9-14(12-7-4-8-13(19)16(12)20)21-17(23)10-5-2-3-6-11(10)18(24)25/h4,7-8,10-11,14H,2-3,5-6,9H2,1H3,(H,21,23)(H,24,25). The Morgan fingerprint density at radius 1 is 1.23 bits per heavy atom. The third-order valence-electron chi connectivity index (χ3n) is 4.69. The SMILES string of the molecule is COC(=O)CC(NC(=O)C1CCCCC1C(=O)O)c1cccc(Cl)c1Cl. The molecule has 6 nitrogen and oxygen atoms in total. The normalized spacial score (nSPS) is 20.9. The summed E-state index contributed by atoms with van der Waals surface area (Å²) >= 11 is 12.3. The van der Waals surface area contributed by atoms with Crippen molar-refractivity contribution >= 4 is 41.0 Å². The predicted octanol–water partition coefficient (Wildman–Crippen LogP) is 3.60. The Hall–Kier alpha value is -1.79. The quantitative estimate of drug-likeness (QED) is 0.710. The molecule has 1 aromatic carbocycles. The predicted molar refractivity (Wildman–Crippen MR) is 97.1 cm³/mol. The van der Waals surface area contributed by atoms with Gasteiger partial charge in [-0.05, 0) is 24.5 Å². The Morgan fingerprint density at radius 2 is 1.88 bits per heavy atom. The molecule has 26 heavy (non-hydrogen) atoms. The lowest BCUT2D eigenvalue weighted by atomic mass is 9.78. The molecule has 0 bridgehead atoms. The number of carboxylic acids is 1. The number of esters is 1. The molecule has 2 N–H and O–H groups in total. The van der Waals surface area contributed by atoms with Gasteiger partial charge in [0, 0.05) is 0 Å². The van der Waals surface area contributed by atoms with Crippen molar-refractivity contribution in [3.63, 3.8) is 0 Å². The van der Waals surface area contributed by atoms with E-state index >= 15 is 0 Å². The van der Waals surface area contributed by atoms with E-state index in [1.165, 1.54) is 7.11 Å². The van der Waals surface area contributed by atoms with Crippen LogP contribution in [-0.2, 0) is 19.1 Å². The zero-order valence-corrected chi connectivity index (χ0v) is 15.8. The van der Waals surface area contributed by atoms with Crippen LogP contribution in [0.4, 0.5) is 0 Å². The number of hydrogen-bond donors (Lipinski definition) is 2. The zero-order valence-electron chi connectivity index (χ0n) is 14.3. The summed E-state index contributed by atoms with van der Waals surface area (Å²) in [6, 6.07) is 4.18. The minimum Gasteiger partial charge on any atom is -0.481 e. The van der Waals surface area contributed by atoms with Crippen LogP contribution in [0.1, 0.15) is 43.7 Å². The van der Waals surface area contributed by atoms with Crippen LogP contribution in [0.15, 0.2) is 18.2 Å². The maximum atomic E-state index is 12.8. The lowest BCUT2D eigenvalue weighted by molar-refractivity contribution is -0.149. The molecule has 0 radical (unpaired) electrons. The summed E-state index contributed by atoms with van der Waals surface area (Å²) in [5.41, 5.74) is 0.487. The average molecular weight is 402 g/mol. The molecule has 3 atom stereocenters. The number of amides is 1. The Labute approximate surface area is 161 Å². The molecule has 1 amide bonds. The maximum Gasteiger partial charge on any atom is 0.307 e. The van der Waals surface area contributed by atoms with E-state index in [4.69, 9.17) is 27.9 Å². The third kappa shape index (κ3) is 4.89. The van der Waals surface area contributed by atoms with Crippen LogP contribution in [0.3, 0.4) is 0 Å². The molecule has 1 aromatic rings. The largest absolute Gasteiger partial charge is 0.481 e. The van der Waals surface area contributed by atoms with Gasteiger partial charge in [0.05, 0.1) is 41.5 Å². The van der Waals surface area contributed by atoms with Gasteiger partial charge in [0.15, 0.2) is 0 Å². The van der Waals surface area contributed by atoms with E-state index in [0.29, 0.717) is 23.4 Å². The molecule has 2 rings (SSSR count). The van der Waals surface area contributed by atoms with Crippen molar-refractivity contribution in [3.05, 3.63) is 33.8 Å². The number of benzene rings is 1. The fourth-order valence-electron chi connectivity index (χ4n) is 3.30. The number of carbonyl (C=O) groups is 3. The molecule has 0 heterocycles. The van der Waals surface area contributed by atoms with E-state index < -0.39 is 35.7 Å². The van der Waals surface area contributed by atoms with Crippen LogP contribution in [0.2, 0.25) is 10.0 Å². The second-order valence-corrected chi connectivity index (χ2v) is 7.11. The summed E-state index contributed by atoms with van der Waals surface area (Å²) in [4.78, 5) is 36.0. The first-order valence-corrected chi connectivity index (χ1v) is 9.14. The Bertz CT molecular complexity index is 694. The van der Waals surface area contributed by atoms with Crippen LogP contribution >= 0.6 is 23.2 Å². The molecule has 8 heteroatoms. The van der Waals surface area contributed by atoms with Gasteiger partial charge in [-0.3, -0.25) is 14.4 Å². The number of ether oxygens (including phenoxy) is 1. The van der Waals surface area contributed by atoms with Gasteiger partial charge in [-0.25, -0.2) is 0 Å². The van der Waals surface area contributed by atoms with Crippen molar-refractivity contribution in [1.29, 1.82) is 0 Å². The first kappa shape index (κ1) is 20.5. The molecule has 3 unspecified atom stereocenters. The lowest BCUT2D eigenvalue weighted by Gasteiger charge is -2.29. The van der Waals surface area contributed by atoms with Crippen molar-refractivity contribution in [2.75, 3.05) is 7.11 Å². The average Bonchev–Trinajstić information content (AvgIpc) is 2.63. The highest BCUT2D eigenvalue weighted by Crippen LogP contribution is 2.34. The number of hydrogen-bond acceptors (Lipinski definition) is 4. The van der Waals surface area contributed by atoms with Gasteiger partial charge in [-0.15, -0.1) is 0 Å².